The van der Waals surface area contributed by atoms with Gasteiger partial charge in [0, 0.05) is 17.0 Å². The molecule has 2 aromatic rings. The molecule has 0 spiro atoms. The average molecular weight is 358 g/mol. The number of rotatable bonds is 1. The number of hydrogen-bond donors (Lipinski definition) is 1. The highest BCUT2D eigenvalue weighted by molar-refractivity contribution is 6.31. The predicted octanol–water partition coefficient (Wildman–Crippen LogP) is 4.26. The van der Waals surface area contributed by atoms with Crippen LogP contribution in [-0.4, -0.2) is 17.0 Å². The van der Waals surface area contributed by atoms with Gasteiger partial charge in [-0.15, -0.1) is 0 Å². The number of hydrogen-bond acceptors (Lipinski definition) is 3. The molecular formula is C19H16ClNO4. The molecule has 1 fully saturated rings. The molecule has 2 heterocycles. The van der Waals surface area contributed by atoms with Gasteiger partial charge in [0.05, 0.1) is 17.6 Å². The lowest BCUT2D eigenvalue weighted by Gasteiger charge is -2.41. The number of piperidine rings is 1. The van der Waals surface area contributed by atoms with Crippen LogP contribution >= 0.6 is 11.6 Å². The van der Waals surface area contributed by atoms with E-state index >= 15 is 0 Å². The Morgan fingerprint density at radius 2 is 2.00 bits per heavy atom. The number of carboxylic acids is 1. The van der Waals surface area contributed by atoms with Gasteiger partial charge in [-0.3, -0.25) is 9.59 Å². The van der Waals surface area contributed by atoms with Crippen LogP contribution in [0.1, 0.15) is 24.9 Å². The zero-order valence-corrected chi connectivity index (χ0v) is 14.2. The third-order valence-electron chi connectivity index (χ3n) is 4.92. The molecule has 1 amide bonds. The van der Waals surface area contributed by atoms with Gasteiger partial charge in [0.2, 0.25) is 5.91 Å². The highest BCUT2D eigenvalue weighted by Crippen LogP contribution is 2.51. The summed E-state index contributed by atoms with van der Waals surface area (Å²) < 4.78 is 6.02. The fourth-order valence-corrected chi connectivity index (χ4v) is 3.99. The van der Waals surface area contributed by atoms with E-state index in [2.05, 4.69) is 0 Å². The van der Waals surface area contributed by atoms with Crippen molar-refractivity contribution in [2.45, 2.75) is 19.4 Å². The molecule has 5 nitrogen and oxygen atoms in total. The monoisotopic (exact) mass is 357 g/mol. The molecule has 6 heteroatoms. The first-order chi connectivity index (χ1) is 12.0. The molecule has 128 valence electrons. The van der Waals surface area contributed by atoms with Crippen LogP contribution in [0.4, 0.5) is 5.69 Å². The van der Waals surface area contributed by atoms with E-state index in [1.54, 1.807) is 36.1 Å². The van der Waals surface area contributed by atoms with E-state index in [0.29, 0.717) is 27.8 Å². The number of anilines is 1. The Hall–Kier alpha value is -2.53. The van der Waals surface area contributed by atoms with Crippen LogP contribution in [0.25, 0.3) is 0 Å². The van der Waals surface area contributed by atoms with Gasteiger partial charge in [0.15, 0.2) is 5.75 Å². The SMILES string of the molecule is CC1CC(=O)N2c3cc(Cl)ccc3Oc3ccccc3[C@H]2[C@H]1C(=O)O. The lowest BCUT2D eigenvalue weighted by molar-refractivity contribution is -0.146. The fourth-order valence-electron chi connectivity index (χ4n) is 3.82. The second-order valence-electron chi connectivity index (χ2n) is 6.51. The zero-order valence-electron chi connectivity index (χ0n) is 13.5. The summed E-state index contributed by atoms with van der Waals surface area (Å²) in [6.07, 6.45) is 0.168. The number of fused-ring (bicyclic) bond motifs is 5. The molecule has 1 N–H and O–H groups in total. The third kappa shape index (κ3) is 2.46. The number of ether oxygens (including phenoxy) is 1. The van der Waals surface area contributed by atoms with E-state index in [0.717, 1.165) is 0 Å². The lowest BCUT2D eigenvalue weighted by atomic mass is 9.77. The van der Waals surface area contributed by atoms with Gasteiger partial charge < -0.3 is 14.7 Å². The van der Waals surface area contributed by atoms with Crippen LogP contribution in [0.15, 0.2) is 42.5 Å². The highest BCUT2D eigenvalue weighted by atomic mass is 35.5. The van der Waals surface area contributed by atoms with E-state index < -0.39 is 17.9 Å². The normalized spacial score (nSPS) is 24.5. The van der Waals surface area contributed by atoms with Gasteiger partial charge in [0.1, 0.15) is 5.75 Å². The van der Waals surface area contributed by atoms with Gasteiger partial charge in [-0.05, 0) is 30.2 Å². The van der Waals surface area contributed by atoms with Gasteiger partial charge >= 0.3 is 5.97 Å². The average Bonchev–Trinajstić information content (AvgIpc) is 2.69. The maximum atomic E-state index is 12.9. The molecule has 25 heavy (non-hydrogen) atoms. The van der Waals surface area contributed by atoms with Crippen molar-refractivity contribution in [2.24, 2.45) is 11.8 Å². The van der Waals surface area contributed by atoms with Crippen molar-refractivity contribution in [3.05, 3.63) is 53.1 Å². The summed E-state index contributed by atoms with van der Waals surface area (Å²) in [4.78, 5) is 26.4. The van der Waals surface area contributed by atoms with E-state index in [9.17, 15) is 14.7 Å². The first-order valence-electron chi connectivity index (χ1n) is 8.08. The van der Waals surface area contributed by atoms with Gasteiger partial charge in [-0.2, -0.15) is 0 Å². The molecule has 0 aromatic heterocycles. The molecule has 2 aromatic carbocycles. The van der Waals surface area contributed by atoms with E-state index in [1.807, 2.05) is 18.2 Å². The largest absolute Gasteiger partial charge is 0.481 e. The van der Waals surface area contributed by atoms with E-state index in [-0.39, 0.29) is 18.2 Å². The molecule has 1 unspecified atom stereocenters. The summed E-state index contributed by atoms with van der Waals surface area (Å²) in [6, 6.07) is 11.7. The minimum Gasteiger partial charge on any atom is -0.481 e. The topological polar surface area (TPSA) is 66.8 Å². The Balaban J connectivity index is 2.01. The molecule has 4 rings (SSSR count). The van der Waals surface area contributed by atoms with Crippen LogP contribution in [0, 0.1) is 11.8 Å². The Bertz CT molecular complexity index is 881. The van der Waals surface area contributed by atoms with Crippen molar-refractivity contribution >= 4 is 29.2 Å². The number of para-hydroxylation sites is 1. The molecule has 0 bridgehead atoms. The number of benzene rings is 2. The minimum absolute atomic E-state index is 0.126. The molecular weight excluding hydrogens is 342 g/mol. The summed E-state index contributed by atoms with van der Waals surface area (Å²) >= 11 is 6.14. The van der Waals surface area contributed by atoms with Crippen LogP contribution in [-0.2, 0) is 9.59 Å². The van der Waals surface area contributed by atoms with Gasteiger partial charge in [-0.1, -0.05) is 36.7 Å². The summed E-state index contributed by atoms with van der Waals surface area (Å²) in [7, 11) is 0. The van der Waals surface area contributed by atoms with Crippen molar-refractivity contribution in [1.29, 1.82) is 0 Å². The van der Waals surface area contributed by atoms with Gasteiger partial charge in [-0.25, -0.2) is 0 Å². The van der Waals surface area contributed by atoms with Gasteiger partial charge in [0.25, 0.3) is 0 Å². The lowest BCUT2D eigenvalue weighted by Crippen LogP contribution is -2.48. The maximum Gasteiger partial charge on any atom is 0.309 e. The van der Waals surface area contributed by atoms with Crippen molar-refractivity contribution in [3.8, 4) is 11.5 Å². The smallest absolute Gasteiger partial charge is 0.309 e. The van der Waals surface area contributed by atoms with Crippen LogP contribution in [0.2, 0.25) is 5.02 Å². The second kappa shape index (κ2) is 5.77. The number of carboxylic acid groups (broad SMARTS) is 1. The van der Waals surface area contributed by atoms with Crippen LogP contribution < -0.4 is 9.64 Å². The summed E-state index contributed by atoms with van der Waals surface area (Å²) in [6.45, 7) is 1.81. The van der Waals surface area contributed by atoms with Crippen LogP contribution in [0.5, 0.6) is 11.5 Å². The first kappa shape index (κ1) is 16.0. The summed E-state index contributed by atoms with van der Waals surface area (Å²) in [5.74, 6) is -1.00. The maximum absolute atomic E-state index is 12.9. The Labute approximate surface area is 149 Å². The molecule has 0 aliphatic carbocycles. The summed E-state index contributed by atoms with van der Waals surface area (Å²) in [5, 5.41) is 10.3. The van der Waals surface area contributed by atoms with Crippen molar-refractivity contribution in [3.63, 3.8) is 0 Å². The molecule has 1 saturated heterocycles. The number of halogens is 1. The first-order valence-corrected chi connectivity index (χ1v) is 8.46. The Morgan fingerprint density at radius 1 is 1.24 bits per heavy atom. The quantitative estimate of drug-likeness (QED) is 0.828. The molecule has 0 saturated carbocycles. The highest BCUT2D eigenvalue weighted by Gasteiger charge is 2.48. The van der Waals surface area contributed by atoms with E-state index in [1.165, 1.54) is 0 Å². The fraction of sp³-hybridized carbons (Fsp3) is 0.263. The number of carbonyl (C=O) groups excluding carboxylic acids is 1. The van der Waals surface area contributed by atoms with Crippen LogP contribution in [0.3, 0.4) is 0 Å². The Morgan fingerprint density at radius 3 is 2.76 bits per heavy atom. The summed E-state index contributed by atoms with van der Waals surface area (Å²) in [5.41, 5.74) is 1.21. The molecule has 2 aliphatic rings. The molecule has 3 atom stereocenters. The van der Waals surface area contributed by atoms with Crippen molar-refractivity contribution in [2.75, 3.05) is 4.90 Å². The number of carbonyl (C=O) groups is 2. The van der Waals surface area contributed by atoms with Crippen molar-refractivity contribution in [1.82, 2.24) is 0 Å². The number of amides is 1. The Kier molecular flexibility index (Phi) is 3.69. The number of aliphatic carboxylic acids is 1. The molecule has 0 radical (unpaired) electrons. The zero-order chi connectivity index (χ0) is 17.7. The molecule has 2 aliphatic heterocycles. The third-order valence-corrected chi connectivity index (χ3v) is 5.16. The number of nitrogens with zero attached hydrogens (tertiary/aromatic N) is 1. The minimum atomic E-state index is -0.921. The standard InChI is InChI=1S/C19H16ClNO4/c1-10-8-16(22)21-13-9-11(20)6-7-15(13)25-14-5-3-2-4-12(14)18(21)17(10)19(23)24/h2-7,9-10,17-18H,8H2,1H3,(H,23,24)/t10?,17-,18-/m0/s1. The van der Waals surface area contributed by atoms with E-state index in [4.69, 9.17) is 16.3 Å². The second-order valence-corrected chi connectivity index (χ2v) is 6.94. The van der Waals surface area contributed by atoms with Crippen molar-refractivity contribution < 1.29 is 19.4 Å². The predicted molar refractivity (Wildman–Crippen MR) is 93.1 cm³/mol.